The van der Waals surface area contributed by atoms with Gasteiger partial charge in [-0.05, 0) is 60.9 Å². The molecule has 3 nitrogen and oxygen atoms in total. The molecule has 21 heavy (non-hydrogen) atoms. The van der Waals surface area contributed by atoms with Crippen molar-refractivity contribution >= 4 is 0 Å². The maximum absolute atomic E-state index is 5.86. The molecule has 1 aromatic carbocycles. The molecule has 0 fully saturated rings. The summed E-state index contributed by atoms with van der Waals surface area (Å²) in [6.45, 7) is 10.9. The fraction of sp³-hybridized carbons (Fsp3) is 0.667. The van der Waals surface area contributed by atoms with Gasteiger partial charge >= 0.3 is 0 Å². The lowest BCUT2D eigenvalue weighted by Crippen LogP contribution is -2.30. The van der Waals surface area contributed by atoms with Crippen molar-refractivity contribution in [3.8, 4) is 5.75 Å². The maximum Gasteiger partial charge on any atom is 0.122 e. The molecular weight excluding hydrogens is 260 g/mol. The van der Waals surface area contributed by atoms with Crippen LogP contribution in [0.15, 0.2) is 18.2 Å². The van der Waals surface area contributed by atoms with E-state index >= 15 is 0 Å². The number of nitrogens with two attached hydrogens (primary N) is 2. The molecule has 0 saturated heterocycles. The van der Waals surface area contributed by atoms with E-state index in [1.807, 2.05) is 0 Å². The molecule has 0 heterocycles. The topological polar surface area (TPSA) is 61.3 Å². The van der Waals surface area contributed by atoms with Crippen molar-refractivity contribution in [1.82, 2.24) is 0 Å². The summed E-state index contributed by atoms with van der Waals surface area (Å²) in [4.78, 5) is 0. The van der Waals surface area contributed by atoms with E-state index in [1.54, 1.807) is 0 Å². The van der Waals surface area contributed by atoms with E-state index in [0.717, 1.165) is 25.2 Å². The standard InChI is InChI=1S/C18H32N2O/c1-5-8-21-18-7-6-15(10-17(18)13(2)3)9-14(4)16(11-19)12-20/h6-7,10,13-14,16H,5,8-9,11-12,19-20H2,1-4H3. The Balaban J connectivity index is 2.87. The molecule has 4 N–H and O–H groups in total. The Morgan fingerprint density at radius 3 is 2.29 bits per heavy atom. The van der Waals surface area contributed by atoms with Gasteiger partial charge in [0.25, 0.3) is 0 Å². The van der Waals surface area contributed by atoms with Gasteiger partial charge in [0, 0.05) is 0 Å². The lowest BCUT2D eigenvalue weighted by molar-refractivity contribution is 0.312. The summed E-state index contributed by atoms with van der Waals surface area (Å²) in [6, 6.07) is 6.58. The summed E-state index contributed by atoms with van der Waals surface area (Å²) >= 11 is 0. The van der Waals surface area contributed by atoms with Crippen LogP contribution >= 0.6 is 0 Å². The van der Waals surface area contributed by atoms with Gasteiger partial charge in [-0.25, -0.2) is 0 Å². The van der Waals surface area contributed by atoms with Crippen molar-refractivity contribution in [2.24, 2.45) is 23.3 Å². The molecule has 120 valence electrons. The fourth-order valence-corrected chi connectivity index (χ4v) is 2.62. The molecule has 0 radical (unpaired) electrons. The molecule has 0 amide bonds. The Kier molecular flexibility index (Phi) is 7.76. The predicted molar refractivity (Wildman–Crippen MR) is 90.8 cm³/mol. The number of hydrogen-bond donors (Lipinski definition) is 2. The third-order valence-corrected chi connectivity index (χ3v) is 4.13. The van der Waals surface area contributed by atoms with Gasteiger partial charge in [0.1, 0.15) is 5.75 Å². The van der Waals surface area contributed by atoms with Gasteiger partial charge in [-0.1, -0.05) is 39.8 Å². The number of benzene rings is 1. The zero-order valence-electron chi connectivity index (χ0n) is 14.1. The molecule has 0 aliphatic carbocycles. The molecular formula is C18H32N2O. The molecule has 3 heteroatoms. The van der Waals surface area contributed by atoms with E-state index in [2.05, 4.69) is 45.9 Å². The molecule has 0 aromatic heterocycles. The summed E-state index contributed by atoms with van der Waals surface area (Å²) in [5.41, 5.74) is 14.2. The Morgan fingerprint density at radius 2 is 1.76 bits per heavy atom. The second kappa shape index (κ2) is 9.06. The minimum absolute atomic E-state index is 0.392. The van der Waals surface area contributed by atoms with Gasteiger partial charge in [0.05, 0.1) is 6.61 Å². The summed E-state index contributed by atoms with van der Waals surface area (Å²) < 4.78 is 5.86. The average Bonchev–Trinajstić information content (AvgIpc) is 2.47. The number of hydrogen-bond acceptors (Lipinski definition) is 3. The van der Waals surface area contributed by atoms with Gasteiger partial charge in [-0.3, -0.25) is 0 Å². The Hall–Kier alpha value is -1.06. The molecule has 0 bridgehead atoms. The average molecular weight is 292 g/mol. The van der Waals surface area contributed by atoms with Crippen molar-refractivity contribution in [3.63, 3.8) is 0 Å². The van der Waals surface area contributed by atoms with Crippen LogP contribution in [-0.2, 0) is 6.42 Å². The van der Waals surface area contributed by atoms with Crippen molar-refractivity contribution in [1.29, 1.82) is 0 Å². The van der Waals surface area contributed by atoms with E-state index in [-0.39, 0.29) is 0 Å². The molecule has 0 aliphatic rings. The molecule has 0 aliphatic heterocycles. The monoisotopic (exact) mass is 292 g/mol. The summed E-state index contributed by atoms with van der Waals surface area (Å²) in [7, 11) is 0. The zero-order chi connectivity index (χ0) is 15.8. The van der Waals surface area contributed by atoms with Crippen LogP contribution in [0.3, 0.4) is 0 Å². The first-order valence-electron chi connectivity index (χ1n) is 8.19. The normalized spacial score (nSPS) is 13.0. The van der Waals surface area contributed by atoms with Crippen molar-refractivity contribution in [2.75, 3.05) is 19.7 Å². The van der Waals surface area contributed by atoms with Gasteiger partial charge in [-0.2, -0.15) is 0 Å². The van der Waals surface area contributed by atoms with Crippen LogP contribution in [0.1, 0.15) is 51.2 Å². The van der Waals surface area contributed by atoms with E-state index in [4.69, 9.17) is 16.2 Å². The molecule has 0 spiro atoms. The van der Waals surface area contributed by atoms with Crippen LogP contribution in [0, 0.1) is 11.8 Å². The quantitative estimate of drug-likeness (QED) is 0.734. The summed E-state index contributed by atoms with van der Waals surface area (Å²) in [5, 5.41) is 0. The lowest BCUT2D eigenvalue weighted by Gasteiger charge is -2.22. The lowest BCUT2D eigenvalue weighted by atomic mass is 9.87. The van der Waals surface area contributed by atoms with Crippen LogP contribution in [0.25, 0.3) is 0 Å². The SMILES string of the molecule is CCCOc1ccc(CC(C)C(CN)CN)cc1C(C)C. The van der Waals surface area contributed by atoms with Gasteiger partial charge in [0.15, 0.2) is 0 Å². The summed E-state index contributed by atoms with van der Waals surface area (Å²) in [5.74, 6) is 2.38. The van der Waals surface area contributed by atoms with Crippen LogP contribution in [0.4, 0.5) is 0 Å². The molecule has 1 unspecified atom stereocenters. The van der Waals surface area contributed by atoms with E-state index in [1.165, 1.54) is 11.1 Å². The third-order valence-electron chi connectivity index (χ3n) is 4.13. The van der Waals surface area contributed by atoms with Crippen LogP contribution in [0.5, 0.6) is 5.75 Å². The van der Waals surface area contributed by atoms with Gasteiger partial charge < -0.3 is 16.2 Å². The van der Waals surface area contributed by atoms with Gasteiger partial charge in [0.2, 0.25) is 0 Å². The second-order valence-corrected chi connectivity index (χ2v) is 6.29. The van der Waals surface area contributed by atoms with Crippen LogP contribution < -0.4 is 16.2 Å². The highest BCUT2D eigenvalue weighted by Crippen LogP contribution is 2.29. The molecule has 0 saturated carbocycles. The van der Waals surface area contributed by atoms with Crippen molar-refractivity contribution < 1.29 is 4.74 Å². The van der Waals surface area contributed by atoms with Crippen LogP contribution in [-0.4, -0.2) is 19.7 Å². The van der Waals surface area contributed by atoms with Crippen LogP contribution in [0.2, 0.25) is 0 Å². The van der Waals surface area contributed by atoms with E-state index < -0.39 is 0 Å². The summed E-state index contributed by atoms with van der Waals surface area (Å²) in [6.07, 6.45) is 2.05. The first-order chi connectivity index (χ1) is 10.0. The largest absolute Gasteiger partial charge is 0.493 e. The Labute approximate surface area is 130 Å². The molecule has 1 aromatic rings. The predicted octanol–water partition coefficient (Wildman–Crippen LogP) is 3.31. The zero-order valence-corrected chi connectivity index (χ0v) is 14.1. The first-order valence-corrected chi connectivity index (χ1v) is 8.19. The fourth-order valence-electron chi connectivity index (χ4n) is 2.62. The maximum atomic E-state index is 5.86. The number of rotatable bonds is 9. The van der Waals surface area contributed by atoms with Gasteiger partial charge in [-0.15, -0.1) is 0 Å². The minimum atomic E-state index is 0.392. The Morgan fingerprint density at radius 1 is 1.10 bits per heavy atom. The molecule has 1 atom stereocenters. The highest BCUT2D eigenvalue weighted by Gasteiger charge is 2.16. The van der Waals surface area contributed by atoms with Crippen molar-refractivity contribution in [2.45, 2.75) is 46.5 Å². The number of ether oxygens (including phenoxy) is 1. The van der Waals surface area contributed by atoms with Crippen molar-refractivity contribution in [3.05, 3.63) is 29.3 Å². The first kappa shape index (κ1) is 18.0. The Bertz CT molecular complexity index is 414. The molecule has 1 rings (SSSR count). The third kappa shape index (κ3) is 5.33. The highest BCUT2D eigenvalue weighted by molar-refractivity contribution is 5.39. The highest BCUT2D eigenvalue weighted by atomic mass is 16.5. The minimum Gasteiger partial charge on any atom is -0.493 e. The van der Waals surface area contributed by atoms with E-state index in [0.29, 0.717) is 30.8 Å². The second-order valence-electron chi connectivity index (χ2n) is 6.29. The smallest absolute Gasteiger partial charge is 0.122 e. The van der Waals surface area contributed by atoms with E-state index in [9.17, 15) is 0 Å².